The minimum atomic E-state index is -0.951. The Labute approximate surface area is 207 Å². The first kappa shape index (κ1) is 21.7. The summed E-state index contributed by atoms with van der Waals surface area (Å²) in [5.41, 5.74) is 2.57. The number of phenols is 1. The van der Waals surface area contributed by atoms with E-state index in [4.69, 9.17) is 9.47 Å². The van der Waals surface area contributed by atoms with Crippen LogP contribution in [0.15, 0.2) is 36.7 Å². The summed E-state index contributed by atoms with van der Waals surface area (Å²) in [7, 11) is 0. The van der Waals surface area contributed by atoms with E-state index < -0.39 is 6.17 Å². The quantitative estimate of drug-likeness (QED) is 0.555. The van der Waals surface area contributed by atoms with E-state index in [-0.39, 0.29) is 30.7 Å². The van der Waals surface area contributed by atoms with Crippen molar-refractivity contribution in [3.8, 4) is 39.8 Å². The molecule has 3 fully saturated rings. The van der Waals surface area contributed by atoms with Crippen molar-refractivity contribution < 1.29 is 19.0 Å². The molecule has 10 heteroatoms. The Bertz CT molecular complexity index is 1290. The van der Waals surface area contributed by atoms with E-state index in [1.54, 1.807) is 24.5 Å². The number of benzene rings is 1. The molecule has 5 heterocycles. The highest BCUT2D eigenvalue weighted by atomic mass is 19.1. The van der Waals surface area contributed by atoms with Crippen molar-refractivity contribution in [2.24, 2.45) is 0 Å². The molecule has 2 N–H and O–H groups in total. The molecule has 0 amide bonds. The number of hydrogen-bond acceptors (Lipinski definition) is 9. The first-order valence-corrected chi connectivity index (χ1v) is 12.6. The first-order valence-electron chi connectivity index (χ1n) is 12.6. The van der Waals surface area contributed by atoms with Gasteiger partial charge in [-0.15, -0.1) is 10.2 Å². The number of fused-ring (bicyclic) bond motifs is 3. The SMILES string of the molecule is Oc1cc(-c2cnc3c(c2)OCO3)ccc1-c1cnc(N(C2CC2)[C@@H]2C[C@@H]3CCC[C@H](N3)[C@@H]2F)nn1. The highest BCUT2D eigenvalue weighted by Crippen LogP contribution is 2.40. The van der Waals surface area contributed by atoms with Gasteiger partial charge in [-0.2, -0.15) is 0 Å². The number of nitrogens with one attached hydrogen (secondary N) is 1. The van der Waals surface area contributed by atoms with Gasteiger partial charge in [0, 0.05) is 35.4 Å². The number of pyridine rings is 1. The Morgan fingerprint density at radius 1 is 1.00 bits per heavy atom. The van der Waals surface area contributed by atoms with Gasteiger partial charge in [0.2, 0.25) is 12.7 Å². The van der Waals surface area contributed by atoms with E-state index in [0.717, 1.165) is 49.7 Å². The highest BCUT2D eigenvalue weighted by molar-refractivity contribution is 5.74. The summed E-state index contributed by atoms with van der Waals surface area (Å²) in [6.07, 6.45) is 8.20. The highest BCUT2D eigenvalue weighted by Gasteiger charge is 2.47. The maximum absolute atomic E-state index is 15.5. The number of rotatable bonds is 5. The second-order valence-corrected chi connectivity index (χ2v) is 10.1. The Hall–Kier alpha value is -3.53. The summed E-state index contributed by atoms with van der Waals surface area (Å²) >= 11 is 0. The number of aromatic hydroxyl groups is 1. The molecule has 4 atom stereocenters. The minimum Gasteiger partial charge on any atom is -0.507 e. The lowest BCUT2D eigenvalue weighted by Crippen LogP contribution is -2.62. The van der Waals surface area contributed by atoms with Crippen LogP contribution in [0.4, 0.5) is 10.3 Å². The van der Waals surface area contributed by atoms with Crippen LogP contribution < -0.4 is 19.7 Å². The van der Waals surface area contributed by atoms with Crippen molar-refractivity contribution in [1.82, 2.24) is 25.5 Å². The van der Waals surface area contributed by atoms with Crippen molar-refractivity contribution >= 4 is 5.95 Å². The molecule has 2 saturated heterocycles. The van der Waals surface area contributed by atoms with Crippen LogP contribution in [0.3, 0.4) is 0 Å². The third kappa shape index (κ3) is 3.80. The Balaban J connectivity index is 1.14. The van der Waals surface area contributed by atoms with Gasteiger partial charge in [0.1, 0.15) is 17.6 Å². The lowest BCUT2D eigenvalue weighted by atomic mass is 9.82. The number of ether oxygens (including phenoxy) is 2. The van der Waals surface area contributed by atoms with Gasteiger partial charge in [0.15, 0.2) is 5.75 Å². The lowest BCUT2D eigenvalue weighted by molar-refractivity contribution is 0.103. The number of anilines is 1. The van der Waals surface area contributed by atoms with Crippen molar-refractivity contribution in [1.29, 1.82) is 0 Å². The Kier molecular flexibility index (Phi) is 5.16. The molecule has 9 nitrogen and oxygen atoms in total. The molecule has 7 rings (SSSR count). The van der Waals surface area contributed by atoms with E-state index in [1.165, 1.54) is 0 Å². The average Bonchev–Trinajstić information content (AvgIpc) is 3.63. The third-order valence-electron chi connectivity index (χ3n) is 7.71. The zero-order chi connectivity index (χ0) is 24.2. The summed E-state index contributed by atoms with van der Waals surface area (Å²) in [5, 5.41) is 23.0. The smallest absolute Gasteiger partial charge is 0.260 e. The van der Waals surface area contributed by atoms with Crippen LogP contribution in [-0.4, -0.2) is 62.4 Å². The summed E-state index contributed by atoms with van der Waals surface area (Å²) in [5.74, 6) is 1.57. The minimum absolute atomic E-state index is 0.0584. The largest absolute Gasteiger partial charge is 0.507 e. The summed E-state index contributed by atoms with van der Waals surface area (Å²) < 4.78 is 26.1. The topological polar surface area (TPSA) is 106 Å². The van der Waals surface area contributed by atoms with Crippen molar-refractivity contribution in [3.63, 3.8) is 0 Å². The van der Waals surface area contributed by atoms with Gasteiger partial charge in [0.05, 0.1) is 12.2 Å². The number of nitrogens with zero attached hydrogens (tertiary/aromatic N) is 5. The molecule has 2 bridgehead atoms. The Morgan fingerprint density at radius 3 is 2.72 bits per heavy atom. The van der Waals surface area contributed by atoms with Gasteiger partial charge in [0.25, 0.3) is 5.88 Å². The fraction of sp³-hybridized carbons (Fsp3) is 0.462. The monoisotopic (exact) mass is 490 g/mol. The lowest BCUT2D eigenvalue weighted by Gasteiger charge is -2.46. The normalized spacial score (nSPS) is 26.6. The molecule has 1 aromatic carbocycles. The zero-order valence-corrected chi connectivity index (χ0v) is 19.7. The standard InChI is InChI=1S/C26H27FN6O3/c27-24-19-3-1-2-16(30-19)10-21(24)33(17-5-6-17)26-29-12-20(31-32-26)18-7-4-14(8-22(18)34)15-9-23-25(28-11-15)36-13-35-23/h4,7-9,11-12,16-17,19,21,24,30,34H,1-3,5-6,10,13H2/t16-,19-,21+,24-/m0/s1. The van der Waals surface area contributed by atoms with Crippen LogP contribution in [0.25, 0.3) is 22.4 Å². The molecule has 0 spiro atoms. The number of piperidine rings is 2. The molecule has 3 aliphatic heterocycles. The third-order valence-corrected chi connectivity index (χ3v) is 7.71. The van der Waals surface area contributed by atoms with E-state index in [0.29, 0.717) is 34.9 Å². The molecule has 1 aliphatic carbocycles. The van der Waals surface area contributed by atoms with Gasteiger partial charge in [-0.05, 0) is 55.9 Å². The van der Waals surface area contributed by atoms with E-state index >= 15 is 4.39 Å². The zero-order valence-electron chi connectivity index (χ0n) is 19.7. The summed E-state index contributed by atoms with van der Waals surface area (Å²) in [6.45, 7) is 0.153. The number of aromatic nitrogens is 4. The maximum atomic E-state index is 15.5. The predicted molar refractivity (Wildman–Crippen MR) is 130 cm³/mol. The van der Waals surface area contributed by atoms with E-state index in [2.05, 4.69) is 30.4 Å². The van der Waals surface area contributed by atoms with Crippen LogP contribution in [-0.2, 0) is 0 Å². The molecule has 1 saturated carbocycles. The molecule has 0 unspecified atom stereocenters. The summed E-state index contributed by atoms with van der Waals surface area (Å²) in [4.78, 5) is 10.9. The van der Waals surface area contributed by atoms with Crippen LogP contribution in [0.1, 0.15) is 38.5 Å². The van der Waals surface area contributed by atoms with Crippen LogP contribution in [0, 0.1) is 0 Å². The fourth-order valence-corrected chi connectivity index (χ4v) is 5.77. The Morgan fingerprint density at radius 2 is 1.92 bits per heavy atom. The molecule has 186 valence electrons. The summed E-state index contributed by atoms with van der Waals surface area (Å²) in [6, 6.07) is 7.44. The predicted octanol–water partition coefficient (Wildman–Crippen LogP) is 3.62. The van der Waals surface area contributed by atoms with Crippen LogP contribution in [0.2, 0.25) is 0 Å². The van der Waals surface area contributed by atoms with Gasteiger partial charge < -0.3 is 24.8 Å². The number of phenolic OH excluding ortho intramolecular Hbond substituents is 1. The first-order chi connectivity index (χ1) is 17.6. The molecule has 3 aromatic rings. The molecule has 2 aromatic heterocycles. The van der Waals surface area contributed by atoms with E-state index in [1.807, 2.05) is 12.1 Å². The maximum Gasteiger partial charge on any atom is 0.260 e. The van der Waals surface area contributed by atoms with E-state index in [9.17, 15) is 5.11 Å². The number of halogens is 1. The van der Waals surface area contributed by atoms with Gasteiger partial charge in [-0.1, -0.05) is 12.5 Å². The average molecular weight is 491 g/mol. The molecule has 36 heavy (non-hydrogen) atoms. The second kappa shape index (κ2) is 8.55. The molecule has 4 aliphatic rings. The van der Waals surface area contributed by atoms with Crippen LogP contribution in [0.5, 0.6) is 17.4 Å². The molecular formula is C26H27FN6O3. The molecule has 0 radical (unpaired) electrons. The number of alkyl halides is 1. The number of hydrogen-bond donors (Lipinski definition) is 2. The fourth-order valence-electron chi connectivity index (χ4n) is 5.77. The van der Waals surface area contributed by atoms with Crippen LogP contribution >= 0.6 is 0 Å². The van der Waals surface area contributed by atoms with Gasteiger partial charge in [-0.3, -0.25) is 0 Å². The van der Waals surface area contributed by atoms with Crippen molar-refractivity contribution in [2.45, 2.75) is 68.9 Å². The second-order valence-electron chi connectivity index (χ2n) is 10.1. The van der Waals surface area contributed by atoms with Gasteiger partial charge in [-0.25, -0.2) is 14.4 Å². The van der Waals surface area contributed by atoms with Crippen molar-refractivity contribution in [3.05, 3.63) is 36.7 Å². The molecular weight excluding hydrogens is 463 g/mol. The van der Waals surface area contributed by atoms with Crippen molar-refractivity contribution in [2.75, 3.05) is 11.7 Å². The van der Waals surface area contributed by atoms with Gasteiger partial charge >= 0.3 is 0 Å².